The molecule has 1 aromatic rings. The number of oxazole rings is 1. The van der Waals surface area contributed by atoms with Gasteiger partial charge in [0.15, 0.2) is 0 Å². The molecule has 1 aromatic heterocycles. The van der Waals surface area contributed by atoms with Crippen LogP contribution in [-0.4, -0.2) is 11.5 Å². The van der Waals surface area contributed by atoms with Crippen LogP contribution in [0.3, 0.4) is 0 Å². The van der Waals surface area contributed by atoms with Crippen molar-refractivity contribution in [3.8, 4) is 0 Å². The van der Waals surface area contributed by atoms with Crippen molar-refractivity contribution in [3.05, 3.63) is 17.8 Å². The normalized spacial score (nSPS) is 25.6. The molecule has 1 heterocycles. The lowest BCUT2D eigenvalue weighted by Crippen LogP contribution is -2.25. The van der Waals surface area contributed by atoms with Crippen molar-refractivity contribution >= 4 is 0 Å². The number of hydrogen-bond acceptors (Lipinski definition) is 3. The van der Waals surface area contributed by atoms with Crippen molar-refractivity contribution in [2.75, 3.05) is 6.54 Å². The van der Waals surface area contributed by atoms with Gasteiger partial charge in [0.1, 0.15) is 5.76 Å². The van der Waals surface area contributed by atoms with Crippen molar-refractivity contribution in [2.45, 2.75) is 72.3 Å². The molecule has 2 rings (SSSR count). The Hall–Kier alpha value is -0.830. The van der Waals surface area contributed by atoms with Crippen LogP contribution in [0.5, 0.6) is 0 Å². The molecule has 1 aliphatic carbocycles. The average molecular weight is 278 g/mol. The second-order valence-corrected chi connectivity index (χ2v) is 7.29. The summed E-state index contributed by atoms with van der Waals surface area (Å²) in [5.41, 5.74) is 0.442. The molecular formula is C17H30N2O. The van der Waals surface area contributed by atoms with Crippen molar-refractivity contribution in [1.29, 1.82) is 0 Å². The van der Waals surface area contributed by atoms with Crippen molar-refractivity contribution in [2.24, 2.45) is 11.3 Å². The molecule has 0 aliphatic heterocycles. The number of aromatic nitrogens is 1. The first-order chi connectivity index (χ1) is 9.41. The molecule has 1 N–H and O–H groups in total. The highest BCUT2D eigenvalue weighted by Gasteiger charge is 2.31. The summed E-state index contributed by atoms with van der Waals surface area (Å²) >= 11 is 0. The van der Waals surface area contributed by atoms with E-state index in [1.54, 1.807) is 0 Å². The lowest BCUT2D eigenvalue weighted by atomic mass is 9.69. The first-order valence-electron chi connectivity index (χ1n) is 8.10. The fourth-order valence-corrected chi connectivity index (χ4v) is 3.33. The zero-order valence-corrected chi connectivity index (χ0v) is 13.7. The third kappa shape index (κ3) is 3.63. The van der Waals surface area contributed by atoms with Gasteiger partial charge in [-0.15, -0.1) is 0 Å². The molecule has 114 valence electrons. The van der Waals surface area contributed by atoms with Gasteiger partial charge in [0.25, 0.3) is 0 Å². The molecule has 1 atom stereocenters. The zero-order chi connectivity index (χ0) is 14.8. The minimum absolute atomic E-state index is 0.208. The fraction of sp³-hybridized carbons (Fsp3) is 0.824. The summed E-state index contributed by atoms with van der Waals surface area (Å²) in [5.74, 6) is 3.35. The van der Waals surface area contributed by atoms with Crippen molar-refractivity contribution < 1.29 is 4.42 Å². The maximum atomic E-state index is 5.98. The van der Waals surface area contributed by atoms with Gasteiger partial charge in [0.2, 0.25) is 5.89 Å². The Morgan fingerprint density at radius 2 is 1.95 bits per heavy atom. The van der Waals surface area contributed by atoms with Crippen molar-refractivity contribution in [1.82, 2.24) is 10.3 Å². The van der Waals surface area contributed by atoms with Gasteiger partial charge in [-0.25, -0.2) is 4.98 Å². The Labute approximate surface area is 123 Å². The maximum absolute atomic E-state index is 5.98. The Morgan fingerprint density at radius 1 is 1.30 bits per heavy atom. The highest BCUT2D eigenvalue weighted by molar-refractivity contribution is 5.05. The smallest absolute Gasteiger partial charge is 0.211 e. The Kier molecular flexibility index (Phi) is 4.90. The van der Waals surface area contributed by atoms with Crippen LogP contribution < -0.4 is 5.32 Å². The molecule has 0 saturated heterocycles. The Morgan fingerprint density at radius 3 is 2.50 bits per heavy atom. The number of hydrogen-bond donors (Lipinski definition) is 1. The van der Waals surface area contributed by atoms with E-state index in [-0.39, 0.29) is 6.04 Å². The highest BCUT2D eigenvalue weighted by Crippen LogP contribution is 2.43. The molecule has 1 unspecified atom stereocenters. The second-order valence-electron chi connectivity index (χ2n) is 7.29. The van der Waals surface area contributed by atoms with E-state index in [4.69, 9.17) is 4.42 Å². The molecule has 0 spiro atoms. The zero-order valence-electron chi connectivity index (χ0n) is 13.7. The van der Waals surface area contributed by atoms with Crippen LogP contribution in [0.15, 0.2) is 10.6 Å². The Balaban J connectivity index is 1.94. The number of rotatable bonds is 4. The monoisotopic (exact) mass is 278 g/mol. The molecule has 1 fully saturated rings. The summed E-state index contributed by atoms with van der Waals surface area (Å²) in [6.07, 6.45) is 7.06. The first-order valence-corrected chi connectivity index (χ1v) is 8.10. The van der Waals surface area contributed by atoms with Gasteiger partial charge in [0, 0.05) is 5.92 Å². The molecule has 3 nitrogen and oxygen atoms in total. The van der Waals surface area contributed by atoms with Gasteiger partial charge < -0.3 is 9.73 Å². The van der Waals surface area contributed by atoms with E-state index < -0.39 is 0 Å². The van der Waals surface area contributed by atoms with E-state index in [2.05, 4.69) is 44.9 Å². The third-order valence-electron chi connectivity index (χ3n) is 4.78. The minimum Gasteiger partial charge on any atom is -0.444 e. The van der Waals surface area contributed by atoms with E-state index >= 15 is 0 Å². The molecule has 0 radical (unpaired) electrons. The van der Waals surface area contributed by atoms with Crippen LogP contribution in [0, 0.1) is 11.3 Å². The van der Waals surface area contributed by atoms with Gasteiger partial charge >= 0.3 is 0 Å². The fourth-order valence-electron chi connectivity index (χ4n) is 3.33. The minimum atomic E-state index is 0.208. The highest BCUT2D eigenvalue weighted by atomic mass is 16.4. The van der Waals surface area contributed by atoms with E-state index in [1.807, 2.05) is 6.20 Å². The summed E-state index contributed by atoms with van der Waals surface area (Å²) in [4.78, 5) is 4.45. The number of nitrogens with zero attached hydrogens (tertiary/aromatic N) is 1. The lowest BCUT2D eigenvalue weighted by Gasteiger charge is -2.36. The Bertz CT molecular complexity index is 411. The lowest BCUT2D eigenvalue weighted by molar-refractivity contribution is 0.162. The van der Waals surface area contributed by atoms with Gasteiger partial charge in [-0.1, -0.05) is 27.7 Å². The van der Waals surface area contributed by atoms with Crippen LogP contribution in [0.4, 0.5) is 0 Å². The predicted molar refractivity (Wildman–Crippen MR) is 82.7 cm³/mol. The quantitative estimate of drug-likeness (QED) is 0.870. The van der Waals surface area contributed by atoms with E-state index in [9.17, 15) is 0 Å². The summed E-state index contributed by atoms with van der Waals surface area (Å²) in [6, 6.07) is 0.208. The van der Waals surface area contributed by atoms with Crippen LogP contribution >= 0.6 is 0 Å². The van der Waals surface area contributed by atoms with E-state index in [0.717, 1.165) is 24.1 Å². The van der Waals surface area contributed by atoms with E-state index in [1.165, 1.54) is 25.7 Å². The molecule has 20 heavy (non-hydrogen) atoms. The summed E-state index contributed by atoms with van der Waals surface area (Å²) < 4.78 is 5.98. The maximum Gasteiger partial charge on any atom is 0.211 e. The SMILES string of the molecule is CCNC(C)c1ncc(C2CCC(C(C)(C)C)CC2)o1. The first kappa shape index (κ1) is 15.6. The van der Waals surface area contributed by atoms with Gasteiger partial charge in [-0.3, -0.25) is 0 Å². The third-order valence-corrected chi connectivity index (χ3v) is 4.78. The average Bonchev–Trinajstić information content (AvgIpc) is 2.88. The van der Waals surface area contributed by atoms with Crippen LogP contribution in [0.25, 0.3) is 0 Å². The standard InChI is InChI=1S/C17H30N2O/c1-6-18-12(2)16-19-11-15(20-16)13-7-9-14(10-8-13)17(3,4)5/h11-14,18H,6-10H2,1-5H3. The van der Waals surface area contributed by atoms with Crippen LogP contribution in [-0.2, 0) is 0 Å². The molecule has 0 aromatic carbocycles. The van der Waals surface area contributed by atoms with Crippen molar-refractivity contribution in [3.63, 3.8) is 0 Å². The number of nitrogens with one attached hydrogen (secondary N) is 1. The van der Waals surface area contributed by atoms with Crippen LogP contribution in [0.2, 0.25) is 0 Å². The molecule has 1 aliphatic rings. The molecule has 0 bridgehead atoms. The van der Waals surface area contributed by atoms with Crippen LogP contribution in [0.1, 0.15) is 83.9 Å². The van der Waals surface area contributed by atoms with Gasteiger partial charge in [-0.2, -0.15) is 0 Å². The van der Waals surface area contributed by atoms with Gasteiger partial charge in [-0.05, 0) is 50.5 Å². The summed E-state index contributed by atoms with van der Waals surface area (Å²) in [6.45, 7) is 12.2. The molecule has 3 heteroatoms. The van der Waals surface area contributed by atoms with Gasteiger partial charge in [0.05, 0.1) is 12.2 Å². The molecule has 0 amide bonds. The largest absolute Gasteiger partial charge is 0.444 e. The summed E-state index contributed by atoms with van der Waals surface area (Å²) in [7, 11) is 0. The predicted octanol–water partition coefficient (Wildman–Crippen LogP) is 4.67. The molecular weight excluding hydrogens is 248 g/mol. The second kappa shape index (κ2) is 6.30. The van der Waals surface area contributed by atoms with E-state index in [0.29, 0.717) is 11.3 Å². The topological polar surface area (TPSA) is 38.1 Å². The molecule has 1 saturated carbocycles. The summed E-state index contributed by atoms with van der Waals surface area (Å²) in [5, 5.41) is 3.35.